The maximum absolute atomic E-state index is 13.5. The summed E-state index contributed by atoms with van der Waals surface area (Å²) in [7, 11) is 0. The van der Waals surface area contributed by atoms with Gasteiger partial charge >= 0.3 is 11.9 Å². The summed E-state index contributed by atoms with van der Waals surface area (Å²) in [5.74, 6) is -4.98. The fourth-order valence-corrected chi connectivity index (χ4v) is 1.46. The van der Waals surface area contributed by atoms with Crippen LogP contribution >= 0.6 is 11.6 Å². The molecule has 19 heavy (non-hydrogen) atoms. The third-order valence-corrected chi connectivity index (χ3v) is 2.47. The Labute approximate surface area is 111 Å². The van der Waals surface area contributed by atoms with Gasteiger partial charge in [-0.15, -0.1) is 0 Å². The predicted octanol–water partition coefficient (Wildman–Crippen LogP) is 1.14. The van der Waals surface area contributed by atoms with Crippen LogP contribution in [0.4, 0.5) is 4.39 Å². The van der Waals surface area contributed by atoms with Crippen LogP contribution < -0.4 is 5.32 Å². The van der Waals surface area contributed by atoms with Crippen LogP contribution in [-0.2, 0) is 9.59 Å². The zero-order chi connectivity index (χ0) is 14.6. The van der Waals surface area contributed by atoms with Crippen LogP contribution in [-0.4, -0.2) is 34.1 Å². The van der Waals surface area contributed by atoms with Crippen LogP contribution in [0.25, 0.3) is 0 Å². The number of hydrogen-bond donors (Lipinski definition) is 3. The van der Waals surface area contributed by atoms with Crippen molar-refractivity contribution in [3.05, 3.63) is 34.6 Å². The van der Waals surface area contributed by atoms with Gasteiger partial charge in [0.05, 0.1) is 17.0 Å². The first-order chi connectivity index (χ1) is 8.82. The number of hydrogen-bond acceptors (Lipinski definition) is 3. The highest BCUT2D eigenvalue weighted by Crippen LogP contribution is 2.17. The Balaban J connectivity index is 2.91. The minimum Gasteiger partial charge on any atom is -0.481 e. The molecular formula is C11H9ClFNO5. The summed E-state index contributed by atoms with van der Waals surface area (Å²) in [6.45, 7) is 0. The average molecular weight is 290 g/mol. The lowest BCUT2D eigenvalue weighted by atomic mass is 10.1. The second kappa shape index (κ2) is 6.14. The topological polar surface area (TPSA) is 104 Å². The van der Waals surface area contributed by atoms with Crippen molar-refractivity contribution in [2.75, 3.05) is 0 Å². The molecular weight excluding hydrogens is 281 g/mol. The van der Waals surface area contributed by atoms with E-state index < -0.39 is 41.7 Å². The Hall–Kier alpha value is -2.15. The van der Waals surface area contributed by atoms with Crippen molar-refractivity contribution in [1.29, 1.82) is 0 Å². The molecule has 0 fully saturated rings. The van der Waals surface area contributed by atoms with Gasteiger partial charge in [0.1, 0.15) is 6.04 Å². The normalized spacial score (nSPS) is 11.7. The number of benzene rings is 1. The lowest BCUT2D eigenvalue weighted by Gasteiger charge is -2.12. The van der Waals surface area contributed by atoms with Gasteiger partial charge in [-0.05, 0) is 12.1 Å². The van der Waals surface area contributed by atoms with Crippen LogP contribution in [0.5, 0.6) is 0 Å². The van der Waals surface area contributed by atoms with Gasteiger partial charge in [-0.3, -0.25) is 9.59 Å². The highest BCUT2D eigenvalue weighted by molar-refractivity contribution is 6.31. The smallest absolute Gasteiger partial charge is 0.326 e. The van der Waals surface area contributed by atoms with Crippen molar-refractivity contribution >= 4 is 29.4 Å². The first-order valence-corrected chi connectivity index (χ1v) is 5.40. The second-order valence-electron chi connectivity index (χ2n) is 3.56. The van der Waals surface area contributed by atoms with Gasteiger partial charge in [0, 0.05) is 0 Å². The van der Waals surface area contributed by atoms with Crippen LogP contribution in [0.3, 0.4) is 0 Å². The maximum atomic E-state index is 13.5. The highest BCUT2D eigenvalue weighted by atomic mass is 35.5. The van der Waals surface area contributed by atoms with E-state index in [4.69, 9.17) is 21.8 Å². The molecule has 0 saturated carbocycles. The van der Waals surface area contributed by atoms with Crippen molar-refractivity contribution in [3.63, 3.8) is 0 Å². The predicted molar refractivity (Wildman–Crippen MR) is 62.6 cm³/mol. The summed E-state index contributed by atoms with van der Waals surface area (Å²) < 4.78 is 13.5. The summed E-state index contributed by atoms with van der Waals surface area (Å²) in [4.78, 5) is 32.8. The zero-order valence-electron chi connectivity index (χ0n) is 9.39. The van der Waals surface area contributed by atoms with E-state index in [1.807, 2.05) is 5.32 Å². The van der Waals surface area contributed by atoms with E-state index in [1.54, 1.807) is 0 Å². The average Bonchev–Trinajstić information content (AvgIpc) is 2.31. The van der Waals surface area contributed by atoms with E-state index >= 15 is 0 Å². The van der Waals surface area contributed by atoms with E-state index in [0.29, 0.717) is 0 Å². The van der Waals surface area contributed by atoms with E-state index in [9.17, 15) is 18.8 Å². The molecule has 3 N–H and O–H groups in total. The number of rotatable bonds is 5. The molecule has 0 heterocycles. The Bertz CT molecular complexity index is 534. The highest BCUT2D eigenvalue weighted by Gasteiger charge is 2.25. The van der Waals surface area contributed by atoms with Crippen molar-refractivity contribution in [3.8, 4) is 0 Å². The molecule has 0 aliphatic heterocycles. The minimum absolute atomic E-state index is 0.294. The molecule has 1 rings (SSSR count). The van der Waals surface area contributed by atoms with E-state index in [1.165, 1.54) is 12.1 Å². The minimum atomic E-state index is -1.65. The van der Waals surface area contributed by atoms with Crippen LogP contribution in [0.15, 0.2) is 18.2 Å². The molecule has 0 aliphatic rings. The van der Waals surface area contributed by atoms with Crippen LogP contribution in [0.1, 0.15) is 16.8 Å². The molecule has 6 nitrogen and oxygen atoms in total. The summed E-state index contributed by atoms with van der Waals surface area (Å²) in [6.07, 6.45) is -0.816. The molecule has 8 heteroatoms. The fraction of sp³-hybridized carbons (Fsp3) is 0.182. The van der Waals surface area contributed by atoms with Crippen molar-refractivity contribution in [1.82, 2.24) is 5.32 Å². The number of carbonyl (C=O) groups is 3. The molecule has 0 radical (unpaired) electrons. The molecule has 0 aliphatic carbocycles. The Morgan fingerprint density at radius 3 is 2.47 bits per heavy atom. The SMILES string of the molecule is O=C(O)C[C@H](NC(=O)c1cccc(Cl)c1F)C(=O)O. The number of halogens is 2. The van der Waals surface area contributed by atoms with Gasteiger partial charge < -0.3 is 15.5 Å². The molecule has 1 aromatic carbocycles. The van der Waals surface area contributed by atoms with Crippen LogP contribution in [0.2, 0.25) is 5.02 Å². The third-order valence-electron chi connectivity index (χ3n) is 2.18. The van der Waals surface area contributed by atoms with Crippen molar-refractivity contribution < 1.29 is 29.0 Å². The molecule has 1 aromatic rings. The largest absolute Gasteiger partial charge is 0.481 e. The van der Waals surface area contributed by atoms with E-state index in [0.717, 1.165) is 6.07 Å². The molecule has 0 spiro atoms. The molecule has 0 aromatic heterocycles. The molecule has 102 valence electrons. The standard InChI is InChI=1S/C11H9ClFNO5/c12-6-3-1-2-5(9(6)13)10(17)14-7(11(18)19)4-8(15)16/h1-3,7H,4H2,(H,14,17)(H,15,16)(H,18,19)/t7-/m0/s1. The second-order valence-corrected chi connectivity index (χ2v) is 3.97. The number of nitrogens with one attached hydrogen (secondary N) is 1. The van der Waals surface area contributed by atoms with Crippen molar-refractivity contribution in [2.45, 2.75) is 12.5 Å². The third kappa shape index (κ3) is 3.92. The number of carbonyl (C=O) groups excluding carboxylic acids is 1. The Kier molecular flexibility index (Phi) is 4.82. The molecule has 1 atom stereocenters. The van der Waals surface area contributed by atoms with Gasteiger partial charge in [-0.25, -0.2) is 9.18 Å². The monoisotopic (exact) mass is 289 g/mol. The van der Waals surface area contributed by atoms with Gasteiger partial charge in [0.25, 0.3) is 5.91 Å². The first kappa shape index (κ1) is 14.9. The maximum Gasteiger partial charge on any atom is 0.326 e. The number of amides is 1. The van der Waals surface area contributed by atoms with Gasteiger partial charge in [-0.2, -0.15) is 0 Å². The number of aliphatic carboxylic acids is 2. The molecule has 0 unspecified atom stereocenters. The molecule has 1 amide bonds. The van der Waals surface area contributed by atoms with Gasteiger partial charge in [0.15, 0.2) is 5.82 Å². The fourth-order valence-electron chi connectivity index (χ4n) is 1.29. The number of carboxylic acid groups (broad SMARTS) is 2. The summed E-state index contributed by atoms with van der Waals surface area (Å²) >= 11 is 5.48. The van der Waals surface area contributed by atoms with Gasteiger partial charge in [0.2, 0.25) is 0 Å². The summed E-state index contributed by atoms with van der Waals surface area (Å²) in [6, 6.07) is 1.99. The Morgan fingerprint density at radius 1 is 1.32 bits per heavy atom. The quantitative estimate of drug-likeness (QED) is 0.754. The molecule has 0 bridgehead atoms. The lowest BCUT2D eigenvalue weighted by Crippen LogP contribution is -2.42. The first-order valence-electron chi connectivity index (χ1n) is 5.02. The molecule has 0 saturated heterocycles. The van der Waals surface area contributed by atoms with E-state index in [2.05, 4.69) is 0 Å². The van der Waals surface area contributed by atoms with Crippen molar-refractivity contribution in [2.24, 2.45) is 0 Å². The number of carboxylic acids is 2. The van der Waals surface area contributed by atoms with E-state index in [-0.39, 0.29) is 5.02 Å². The van der Waals surface area contributed by atoms with Gasteiger partial charge in [-0.1, -0.05) is 17.7 Å². The van der Waals surface area contributed by atoms with Crippen LogP contribution in [0, 0.1) is 5.82 Å². The zero-order valence-corrected chi connectivity index (χ0v) is 10.1. The lowest BCUT2D eigenvalue weighted by molar-refractivity contribution is -0.145. The summed E-state index contributed by atoms with van der Waals surface area (Å²) in [5.41, 5.74) is -0.455. The Morgan fingerprint density at radius 2 is 1.95 bits per heavy atom. The summed E-state index contributed by atoms with van der Waals surface area (Å²) in [5, 5.41) is 18.9.